The Morgan fingerprint density at radius 2 is 1.62 bits per heavy atom. The van der Waals surface area contributed by atoms with Crippen molar-refractivity contribution in [3.05, 3.63) is 54.1 Å². The summed E-state index contributed by atoms with van der Waals surface area (Å²) in [5, 5.41) is 0. The van der Waals surface area contributed by atoms with E-state index in [1.165, 1.54) is 12.1 Å². The van der Waals surface area contributed by atoms with Crippen molar-refractivity contribution >= 4 is 5.97 Å². The van der Waals surface area contributed by atoms with Crippen molar-refractivity contribution < 1.29 is 32.2 Å². The van der Waals surface area contributed by atoms with Crippen LogP contribution in [0.15, 0.2) is 48.5 Å². The second kappa shape index (κ2) is 7.68. The number of carbonyl (C=O) groups excluding carboxylic acids is 1. The second-order valence-electron chi connectivity index (χ2n) is 6.13. The van der Waals surface area contributed by atoms with E-state index in [1.807, 2.05) is 6.92 Å². The highest BCUT2D eigenvalue weighted by molar-refractivity contribution is 5.91. The Morgan fingerprint density at radius 3 is 2.19 bits per heavy atom. The van der Waals surface area contributed by atoms with Gasteiger partial charge in [0.2, 0.25) is 0 Å². The van der Waals surface area contributed by atoms with Gasteiger partial charge in [-0.25, -0.2) is 4.79 Å². The third kappa shape index (κ3) is 5.68. The Kier molecular flexibility index (Phi) is 5.79. The molecule has 7 heteroatoms. The summed E-state index contributed by atoms with van der Waals surface area (Å²) in [5.41, 5.74) is -0.698. The molecule has 0 aliphatic heterocycles. The van der Waals surface area contributed by atoms with Gasteiger partial charge in [-0.15, -0.1) is 13.2 Å². The lowest BCUT2D eigenvalue weighted by Crippen LogP contribution is -2.28. The Hall–Kier alpha value is -2.70. The first-order valence-electron chi connectivity index (χ1n) is 7.96. The van der Waals surface area contributed by atoms with E-state index in [0.717, 1.165) is 6.07 Å². The number of halogens is 3. The van der Waals surface area contributed by atoms with E-state index in [0.29, 0.717) is 12.2 Å². The number of hydrogen-bond acceptors (Lipinski definition) is 4. The molecule has 0 bridgehead atoms. The van der Waals surface area contributed by atoms with Crippen molar-refractivity contribution in [3.63, 3.8) is 0 Å². The number of rotatable bonds is 6. The molecule has 2 rings (SSSR count). The Labute approximate surface area is 149 Å². The smallest absolute Gasteiger partial charge is 0.484 e. The van der Waals surface area contributed by atoms with E-state index in [-0.39, 0.29) is 11.3 Å². The molecule has 0 unspecified atom stereocenters. The van der Waals surface area contributed by atoms with Crippen LogP contribution >= 0.6 is 0 Å². The first-order valence-corrected chi connectivity index (χ1v) is 7.96. The van der Waals surface area contributed by atoms with Crippen LogP contribution in [0.5, 0.6) is 17.2 Å². The van der Waals surface area contributed by atoms with E-state index in [2.05, 4.69) is 4.74 Å². The fraction of sp³-hybridized carbons (Fsp3) is 0.316. The fourth-order valence-corrected chi connectivity index (χ4v) is 1.95. The Morgan fingerprint density at radius 1 is 0.962 bits per heavy atom. The van der Waals surface area contributed by atoms with Crippen molar-refractivity contribution in [2.45, 2.75) is 39.2 Å². The second-order valence-corrected chi connectivity index (χ2v) is 6.13. The topological polar surface area (TPSA) is 44.8 Å². The molecule has 0 spiro atoms. The van der Waals surface area contributed by atoms with Crippen LogP contribution in [0.2, 0.25) is 0 Å². The van der Waals surface area contributed by atoms with E-state index in [1.54, 1.807) is 44.2 Å². The minimum Gasteiger partial charge on any atom is -0.484 e. The molecule has 0 aromatic heterocycles. The molecule has 0 saturated heterocycles. The van der Waals surface area contributed by atoms with Gasteiger partial charge in [0, 0.05) is 0 Å². The third-order valence-electron chi connectivity index (χ3n) is 3.60. The molecular weight excluding hydrogens is 349 g/mol. The number of carbonyl (C=O) groups is 1. The summed E-state index contributed by atoms with van der Waals surface area (Å²) in [6.07, 6.45) is -4.34. The minimum atomic E-state index is -4.87. The van der Waals surface area contributed by atoms with Gasteiger partial charge in [0.25, 0.3) is 0 Å². The van der Waals surface area contributed by atoms with Gasteiger partial charge in [-0.2, -0.15) is 0 Å². The predicted octanol–water partition coefficient (Wildman–Crippen LogP) is 5.37. The van der Waals surface area contributed by atoms with Crippen molar-refractivity contribution in [1.29, 1.82) is 0 Å². The number of benzene rings is 2. The van der Waals surface area contributed by atoms with E-state index < -0.39 is 23.7 Å². The lowest BCUT2D eigenvalue weighted by atomic mass is 10.1. The Balaban J connectivity index is 2.32. The zero-order chi connectivity index (χ0) is 19.4. The van der Waals surface area contributed by atoms with Crippen LogP contribution in [0.3, 0.4) is 0 Å². The number of ether oxygens (including phenoxy) is 3. The standard InChI is InChI=1S/C19H19F3O4/c1-4-18(2,3)25-16-12-13(10-11-15(16)26-19(20,21)22)17(23)24-14-8-6-5-7-9-14/h5-12H,4H2,1-3H3. The van der Waals surface area contributed by atoms with Crippen LogP contribution < -0.4 is 14.2 Å². The van der Waals surface area contributed by atoms with Gasteiger partial charge in [0.05, 0.1) is 5.56 Å². The van der Waals surface area contributed by atoms with Crippen LogP contribution in [-0.2, 0) is 0 Å². The maximum Gasteiger partial charge on any atom is 0.573 e. The van der Waals surface area contributed by atoms with Gasteiger partial charge in [-0.3, -0.25) is 0 Å². The third-order valence-corrected chi connectivity index (χ3v) is 3.60. The summed E-state index contributed by atoms with van der Waals surface area (Å²) in [4.78, 5) is 12.3. The summed E-state index contributed by atoms with van der Waals surface area (Å²) >= 11 is 0. The number of hydrogen-bond donors (Lipinski definition) is 0. The van der Waals surface area contributed by atoms with Gasteiger partial charge in [-0.1, -0.05) is 25.1 Å². The van der Waals surface area contributed by atoms with Crippen molar-refractivity contribution in [2.75, 3.05) is 0 Å². The van der Waals surface area contributed by atoms with Crippen molar-refractivity contribution in [2.24, 2.45) is 0 Å². The largest absolute Gasteiger partial charge is 0.573 e. The van der Waals surface area contributed by atoms with Gasteiger partial charge in [-0.05, 0) is 50.6 Å². The molecule has 0 N–H and O–H groups in total. The maximum atomic E-state index is 12.6. The zero-order valence-corrected chi connectivity index (χ0v) is 14.6. The molecular formula is C19H19F3O4. The summed E-state index contributed by atoms with van der Waals surface area (Å²) in [6.45, 7) is 5.27. The van der Waals surface area contributed by atoms with Crippen LogP contribution in [0.25, 0.3) is 0 Å². The number of esters is 1. The highest BCUT2D eigenvalue weighted by atomic mass is 19.4. The van der Waals surface area contributed by atoms with Gasteiger partial charge in [0.15, 0.2) is 11.5 Å². The molecule has 0 radical (unpaired) electrons. The molecule has 0 aliphatic rings. The molecule has 0 heterocycles. The fourth-order valence-electron chi connectivity index (χ4n) is 1.95. The quantitative estimate of drug-likeness (QED) is 0.508. The maximum absolute atomic E-state index is 12.6. The zero-order valence-electron chi connectivity index (χ0n) is 14.6. The molecule has 0 amide bonds. The lowest BCUT2D eigenvalue weighted by molar-refractivity contribution is -0.275. The van der Waals surface area contributed by atoms with E-state index in [9.17, 15) is 18.0 Å². The van der Waals surface area contributed by atoms with E-state index in [4.69, 9.17) is 9.47 Å². The molecule has 0 fully saturated rings. The number of para-hydroxylation sites is 1. The highest BCUT2D eigenvalue weighted by Gasteiger charge is 2.33. The predicted molar refractivity (Wildman–Crippen MR) is 89.5 cm³/mol. The van der Waals surface area contributed by atoms with Crippen LogP contribution in [0.4, 0.5) is 13.2 Å². The monoisotopic (exact) mass is 368 g/mol. The SMILES string of the molecule is CCC(C)(C)Oc1cc(C(=O)Oc2ccccc2)ccc1OC(F)(F)F. The lowest BCUT2D eigenvalue weighted by Gasteiger charge is -2.26. The van der Waals surface area contributed by atoms with Gasteiger partial charge < -0.3 is 14.2 Å². The van der Waals surface area contributed by atoms with Gasteiger partial charge in [0.1, 0.15) is 11.4 Å². The summed E-state index contributed by atoms with van der Waals surface area (Å²) in [7, 11) is 0. The Bertz CT molecular complexity index is 755. The summed E-state index contributed by atoms with van der Waals surface area (Å²) in [6, 6.07) is 11.8. The molecule has 0 saturated carbocycles. The molecule has 0 aliphatic carbocycles. The average Bonchev–Trinajstić information content (AvgIpc) is 2.56. The first kappa shape index (κ1) is 19.6. The summed E-state index contributed by atoms with van der Waals surface area (Å²) < 4.78 is 52.7. The molecule has 4 nitrogen and oxygen atoms in total. The average molecular weight is 368 g/mol. The first-order chi connectivity index (χ1) is 12.1. The molecule has 0 atom stereocenters. The van der Waals surface area contributed by atoms with Crippen molar-refractivity contribution in [3.8, 4) is 17.2 Å². The number of alkyl halides is 3. The van der Waals surface area contributed by atoms with Crippen LogP contribution in [-0.4, -0.2) is 17.9 Å². The molecule has 140 valence electrons. The van der Waals surface area contributed by atoms with Crippen molar-refractivity contribution in [1.82, 2.24) is 0 Å². The molecule has 2 aromatic rings. The van der Waals surface area contributed by atoms with Gasteiger partial charge >= 0.3 is 12.3 Å². The normalized spacial score (nSPS) is 11.8. The van der Waals surface area contributed by atoms with Crippen LogP contribution in [0.1, 0.15) is 37.6 Å². The summed E-state index contributed by atoms with van der Waals surface area (Å²) in [5.74, 6) is -1.09. The van der Waals surface area contributed by atoms with Crippen LogP contribution in [0, 0.1) is 0 Å². The van der Waals surface area contributed by atoms with E-state index >= 15 is 0 Å². The molecule has 2 aromatic carbocycles. The molecule has 26 heavy (non-hydrogen) atoms. The minimum absolute atomic E-state index is 0.0466. The highest BCUT2D eigenvalue weighted by Crippen LogP contribution is 2.36.